The maximum Gasteiger partial charge on any atom is 0.219 e. The first-order chi connectivity index (χ1) is 17.0. The summed E-state index contributed by atoms with van der Waals surface area (Å²) >= 11 is 0. The van der Waals surface area contributed by atoms with Crippen LogP contribution in [0.1, 0.15) is 22.5 Å². The average molecular weight is 476 g/mol. The standard InChI is InChI=1S/C24H26FN9O/c1-15-8-16(9-27-21(15)25)12-32-3-2-18-20(14-32)34-13-19(17-10-28-24(26)29-11-17)31-22(23(34)30-18)33-4-6-35-7-5-33/h8-11,13H,2-7,12,14H2,1H3,(H2,26,28,29). The summed E-state index contributed by atoms with van der Waals surface area (Å²) in [5.41, 5.74) is 11.9. The number of anilines is 2. The second-order valence-electron chi connectivity index (χ2n) is 8.99. The quantitative estimate of drug-likeness (QED) is 0.443. The molecule has 2 aliphatic rings. The van der Waals surface area contributed by atoms with Crippen molar-refractivity contribution in [2.24, 2.45) is 0 Å². The summed E-state index contributed by atoms with van der Waals surface area (Å²) in [5.74, 6) is 0.644. The Morgan fingerprint density at radius 2 is 1.86 bits per heavy atom. The van der Waals surface area contributed by atoms with Gasteiger partial charge in [0.2, 0.25) is 11.9 Å². The maximum atomic E-state index is 13.6. The van der Waals surface area contributed by atoms with E-state index in [1.54, 1.807) is 25.5 Å². The zero-order valence-corrected chi connectivity index (χ0v) is 19.5. The van der Waals surface area contributed by atoms with E-state index in [0.717, 1.165) is 72.3 Å². The molecule has 0 saturated carbocycles. The van der Waals surface area contributed by atoms with Gasteiger partial charge in [-0.2, -0.15) is 4.39 Å². The molecule has 0 spiro atoms. The number of fused-ring (bicyclic) bond motifs is 3. The van der Waals surface area contributed by atoms with Gasteiger partial charge in [0.15, 0.2) is 11.5 Å². The van der Waals surface area contributed by atoms with Crippen LogP contribution in [0.25, 0.3) is 16.9 Å². The van der Waals surface area contributed by atoms with Gasteiger partial charge in [0, 0.05) is 75.1 Å². The molecule has 10 nitrogen and oxygen atoms in total. The molecule has 11 heteroatoms. The van der Waals surface area contributed by atoms with Crippen molar-refractivity contribution in [3.8, 4) is 11.3 Å². The summed E-state index contributed by atoms with van der Waals surface area (Å²) in [6.07, 6.45) is 7.84. The Balaban J connectivity index is 1.40. The molecule has 6 heterocycles. The van der Waals surface area contributed by atoms with Crippen LogP contribution < -0.4 is 10.6 Å². The number of nitrogens with zero attached hydrogens (tertiary/aromatic N) is 8. The molecule has 0 radical (unpaired) electrons. The molecule has 4 aromatic heterocycles. The van der Waals surface area contributed by atoms with Gasteiger partial charge in [-0.25, -0.2) is 24.9 Å². The van der Waals surface area contributed by atoms with E-state index in [1.807, 2.05) is 12.3 Å². The smallest absolute Gasteiger partial charge is 0.219 e. The van der Waals surface area contributed by atoms with Crippen LogP contribution in [0.3, 0.4) is 0 Å². The molecule has 0 unspecified atom stereocenters. The van der Waals surface area contributed by atoms with Gasteiger partial charge in [-0.3, -0.25) is 9.30 Å². The Labute approximate surface area is 201 Å². The highest BCUT2D eigenvalue weighted by Gasteiger charge is 2.26. The van der Waals surface area contributed by atoms with Crippen molar-refractivity contribution in [3.63, 3.8) is 0 Å². The van der Waals surface area contributed by atoms with E-state index >= 15 is 0 Å². The SMILES string of the molecule is Cc1cc(CN2CCc3nc4c(N5CCOCC5)nc(-c5cnc(N)nc5)cn4c3C2)cnc1F. The molecule has 2 aliphatic heterocycles. The van der Waals surface area contributed by atoms with Crippen molar-refractivity contribution in [2.75, 3.05) is 43.5 Å². The minimum atomic E-state index is -0.418. The number of pyridine rings is 1. The summed E-state index contributed by atoms with van der Waals surface area (Å²) < 4.78 is 21.3. The lowest BCUT2D eigenvalue weighted by Gasteiger charge is -2.28. The zero-order valence-electron chi connectivity index (χ0n) is 19.5. The molecule has 0 atom stereocenters. The predicted octanol–water partition coefficient (Wildman–Crippen LogP) is 2.01. The van der Waals surface area contributed by atoms with E-state index in [0.29, 0.717) is 25.3 Å². The zero-order chi connectivity index (χ0) is 23.9. The molecule has 4 aromatic rings. The van der Waals surface area contributed by atoms with Crippen LogP contribution in [-0.2, 0) is 24.2 Å². The third-order valence-electron chi connectivity index (χ3n) is 6.56. The van der Waals surface area contributed by atoms with Gasteiger partial charge in [0.1, 0.15) is 0 Å². The first-order valence-corrected chi connectivity index (χ1v) is 11.7. The first kappa shape index (κ1) is 21.8. The number of halogens is 1. The highest BCUT2D eigenvalue weighted by molar-refractivity contribution is 5.71. The molecular weight excluding hydrogens is 449 g/mol. The lowest BCUT2D eigenvalue weighted by Crippen LogP contribution is -2.37. The minimum absolute atomic E-state index is 0.226. The lowest BCUT2D eigenvalue weighted by molar-refractivity contribution is 0.122. The van der Waals surface area contributed by atoms with Gasteiger partial charge in [0.25, 0.3) is 0 Å². The van der Waals surface area contributed by atoms with E-state index in [4.69, 9.17) is 20.4 Å². The summed E-state index contributed by atoms with van der Waals surface area (Å²) in [6, 6.07) is 1.87. The van der Waals surface area contributed by atoms with Gasteiger partial charge in [-0.1, -0.05) is 0 Å². The molecule has 1 saturated heterocycles. The van der Waals surface area contributed by atoms with Crippen molar-refractivity contribution < 1.29 is 9.13 Å². The second-order valence-corrected chi connectivity index (χ2v) is 8.99. The first-order valence-electron chi connectivity index (χ1n) is 11.7. The Morgan fingerprint density at radius 1 is 1.06 bits per heavy atom. The number of nitrogen functional groups attached to an aromatic ring is 1. The predicted molar refractivity (Wildman–Crippen MR) is 128 cm³/mol. The number of nitrogens with two attached hydrogens (primary N) is 1. The summed E-state index contributed by atoms with van der Waals surface area (Å²) in [7, 11) is 0. The van der Waals surface area contributed by atoms with Crippen LogP contribution in [0.2, 0.25) is 0 Å². The summed E-state index contributed by atoms with van der Waals surface area (Å²) in [6.45, 7) is 6.85. The van der Waals surface area contributed by atoms with Crippen molar-refractivity contribution in [3.05, 3.63) is 59.3 Å². The molecule has 2 N–H and O–H groups in total. The Bertz CT molecular complexity index is 1380. The lowest BCUT2D eigenvalue weighted by atomic mass is 10.1. The van der Waals surface area contributed by atoms with Crippen LogP contribution in [-0.4, -0.2) is 67.1 Å². The second kappa shape index (κ2) is 8.82. The monoisotopic (exact) mass is 475 g/mol. The van der Waals surface area contributed by atoms with Crippen molar-refractivity contribution >= 4 is 17.4 Å². The number of rotatable bonds is 4. The fourth-order valence-electron chi connectivity index (χ4n) is 4.74. The van der Waals surface area contributed by atoms with Crippen molar-refractivity contribution in [1.82, 2.24) is 34.2 Å². The maximum absolute atomic E-state index is 13.6. The minimum Gasteiger partial charge on any atom is -0.378 e. The fraction of sp³-hybridized carbons (Fsp3) is 0.375. The van der Waals surface area contributed by atoms with Crippen molar-refractivity contribution in [2.45, 2.75) is 26.4 Å². The molecule has 0 aliphatic carbocycles. The van der Waals surface area contributed by atoms with Crippen LogP contribution in [0, 0.1) is 12.9 Å². The van der Waals surface area contributed by atoms with Crippen LogP contribution in [0.5, 0.6) is 0 Å². The Hall–Kier alpha value is -3.70. The van der Waals surface area contributed by atoms with Gasteiger partial charge in [0.05, 0.1) is 30.3 Å². The van der Waals surface area contributed by atoms with Crippen LogP contribution in [0.15, 0.2) is 30.9 Å². The topological polar surface area (TPSA) is 111 Å². The number of aryl methyl sites for hydroxylation is 1. The number of aromatic nitrogens is 6. The third kappa shape index (κ3) is 4.17. The number of hydrogen-bond donors (Lipinski definition) is 1. The normalized spacial score (nSPS) is 16.6. The Morgan fingerprint density at radius 3 is 2.63 bits per heavy atom. The van der Waals surface area contributed by atoms with Gasteiger partial charge in [-0.15, -0.1) is 0 Å². The number of morpholine rings is 1. The van der Waals surface area contributed by atoms with Gasteiger partial charge >= 0.3 is 0 Å². The summed E-state index contributed by atoms with van der Waals surface area (Å²) in [4.78, 5) is 26.8. The molecule has 0 aromatic carbocycles. The highest BCUT2D eigenvalue weighted by Crippen LogP contribution is 2.30. The molecular formula is C24H26FN9O. The molecule has 0 bridgehead atoms. The molecule has 1 fully saturated rings. The molecule has 35 heavy (non-hydrogen) atoms. The number of ether oxygens (including phenoxy) is 1. The highest BCUT2D eigenvalue weighted by atomic mass is 19.1. The van der Waals surface area contributed by atoms with Gasteiger partial charge in [-0.05, 0) is 18.6 Å². The number of hydrogen-bond acceptors (Lipinski definition) is 9. The number of imidazole rings is 1. The molecule has 6 rings (SSSR count). The summed E-state index contributed by atoms with van der Waals surface area (Å²) in [5, 5.41) is 0. The van der Waals surface area contributed by atoms with E-state index in [1.165, 1.54) is 0 Å². The van der Waals surface area contributed by atoms with E-state index in [2.05, 4.69) is 29.2 Å². The van der Waals surface area contributed by atoms with Crippen LogP contribution >= 0.6 is 0 Å². The fourth-order valence-corrected chi connectivity index (χ4v) is 4.74. The molecule has 180 valence electrons. The van der Waals surface area contributed by atoms with E-state index < -0.39 is 5.95 Å². The largest absolute Gasteiger partial charge is 0.378 e. The van der Waals surface area contributed by atoms with Crippen LogP contribution in [0.4, 0.5) is 16.2 Å². The average Bonchev–Trinajstić information content (AvgIpc) is 3.25. The third-order valence-corrected chi connectivity index (χ3v) is 6.56. The Kier molecular flexibility index (Phi) is 5.50. The van der Waals surface area contributed by atoms with E-state index in [9.17, 15) is 4.39 Å². The van der Waals surface area contributed by atoms with E-state index in [-0.39, 0.29) is 5.95 Å². The van der Waals surface area contributed by atoms with Crippen molar-refractivity contribution in [1.29, 1.82) is 0 Å². The van der Waals surface area contributed by atoms with Gasteiger partial charge < -0.3 is 15.4 Å². The molecule has 0 amide bonds.